The molecule has 0 radical (unpaired) electrons. The number of aromatic nitrogens is 1. The van der Waals surface area contributed by atoms with Crippen LogP contribution < -0.4 is 10.0 Å². The molecular weight excluding hydrogens is 442 g/mol. The van der Waals surface area contributed by atoms with Crippen molar-refractivity contribution in [1.82, 2.24) is 4.98 Å². The van der Waals surface area contributed by atoms with Crippen molar-refractivity contribution >= 4 is 59.9 Å². The molecule has 1 aromatic heterocycles. The van der Waals surface area contributed by atoms with Crippen LogP contribution in [0.4, 0.5) is 10.8 Å². The highest BCUT2D eigenvalue weighted by molar-refractivity contribution is 7.92. The zero-order chi connectivity index (χ0) is 21.3. The Balaban J connectivity index is 1.54. The number of halogens is 1. The molecule has 152 valence electrons. The third-order valence-electron chi connectivity index (χ3n) is 4.30. The molecule has 30 heavy (non-hydrogen) atoms. The van der Waals surface area contributed by atoms with Crippen LogP contribution in [0.15, 0.2) is 71.6 Å². The molecule has 0 bridgehead atoms. The average molecular weight is 458 g/mol. The highest BCUT2D eigenvalue weighted by Gasteiger charge is 2.16. The minimum atomic E-state index is -3.76. The van der Waals surface area contributed by atoms with Crippen molar-refractivity contribution < 1.29 is 13.2 Å². The standard InChI is InChI=1S/C21H16ClN3O3S2/c1-13-8-10-16(11-9-13)30(27,28)25-15-5-2-4-14(12-15)20(26)24-21-23-19-17(22)6-3-7-18(19)29-21/h2-12,25H,1H3,(H,23,24,26). The normalized spacial score (nSPS) is 11.4. The lowest BCUT2D eigenvalue weighted by molar-refractivity contribution is 0.102. The fourth-order valence-corrected chi connectivity index (χ4v) is 5.00. The number of sulfonamides is 1. The number of anilines is 2. The van der Waals surface area contributed by atoms with Gasteiger partial charge >= 0.3 is 0 Å². The van der Waals surface area contributed by atoms with Gasteiger partial charge in [-0.05, 0) is 49.4 Å². The number of benzene rings is 3. The summed E-state index contributed by atoms with van der Waals surface area (Å²) in [5, 5.41) is 3.66. The molecule has 4 aromatic rings. The Hall–Kier alpha value is -2.94. The predicted molar refractivity (Wildman–Crippen MR) is 121 cm³/mol. The van der Waals surface area contributed by atoms with Gasteiger partial charge in [-0.25, -0.2) is 13.4 Å². The number of amides is 1. The molecule has 1 heterocycles. The lowest BCUT2D eigenvalue weighted by atomic mass is 10.2. The van der Waals surface area contributed by atoms with Gasteiger partial charge in [-0.1, -0.05) is 52.8 Å². The van der Waals surface area contributed by atoms with E-state index in [1.165, 1.54) is 29.5 Å². The summed E-state index contributed by atoms with van der Waals surface area (Å²) in [5.41, 5.74) is 2.17. The lowest BCUT2D eigenvalue weighted by Gasteiger charge is -2.10. The summed E-state index contributed by atoms with van der Waals surface area (Å²) in [5.74, 6) is -0.401. The maximum Gasteiger partial charge on any atom is 0.261 e. The van der Waals surface area contributed by atoms with E-state index in [2.05, 4.69) is 15.0 Å². The van der Waals surface area contributed by atoms with E-state index >= 15 is 0 Å². The Morgan fingerprint density at radius 3 is 2.50 bits per heavy atom. The first-order valence-electron chi connectivity index (χ1n) is 8.88. The molecule has 0 spiro atoms. The molecule has 0 aliphatic rings. The highest BCUT2D eigenvalue weighted by atomic mass is 35.5. The second kappa shape index (κ2) is 8.06. The van der Waals surface area contributed by atoms with Gasteiger partial charge in [-0.15, -0.1) is 0 Å². The predicted octanol–water partition coefficient (Wildman–Crippen LogP) is 5.31. The van der Waals surface area contributed by atoms with Gasteiger partial charge in [0.25, 0.3) is 15.9 Å². The zero-order valence-electron chi connectivity index (χ0n) is 15.7. The molecule has 1 amide bonds. The van der Waals surface area contributed by atoms with Crippen molar-refractivity contribution in [3.05, 3.63) is 82.9 Å². The Morgan fingerprint density at radius 1 is 1.03 bits per heavy atom. The number of aryl methyl sites for hydroxylation is 1. The molecular formula is C21H16ClN3O3S2. The Morgan fingerprint density at radius 2 is 1.77 bits per heavy atom. The van der Waals surface area contributed by atoms with Gasteiger partial charge in [0.2, 0.25) is 0 Å². The maximum atomic E-state index is 12.6. The number of hydrogen-bond acceptors (Lipinski definition) is 5. The summed E-state index contributed by atoms with van der Waals surface area (Å²) < 4.78 is 28.5. The van der Waals surface area contributed by atoms with Crippen LogP contribution in [0.5, 0.6) is 0 Å². The number of rotatable bonds is 5. The van der Waals surface area contributed by atoms with E-state index in [0.717, 1.165) is 10.3 Å². The Kier molecular flexibility index (Phi) is 5.46. The van der Waals surface area contributed by atoms with Crippen LogP contribution in [0.3, 0.4) is 0 Å². The molecule has 0 aliphatic carbocycles. The van der Waals surface area contributed by atoms with Gasteiger partial charge in [0, 0.05) is 11.3 Å². The number of nitrogens with zero attached hydrogens (tertiary/aromatic N) is 1. The van der Waals surface area contributed by atoms with E-state index in [0.29, 0.717) is 21.2 Å². The molecule has 9 heteroatoms. The van der Waals surface area contributed by atoms with Crippen LogP contribution in [0.1, 0.15) is 15.9 Å². The zero-order valence-corrected chi connectivity index (χ0v) is 18.1. The third kappa shape index (κ3) is 4.30. The van der Waals surface area contributed by atoms with E-state index < -0.39 is 15.9 Å². The minimum Gasteiger partial charge on any atom is -0.298 e. The second-order valence-corrected chi connectivity index (χ2v) is 9.68. The van der Waals surface area contributed by atoms with Crippen LogP contribution >= 0.6 is 22.9 Å². The van der Waals surface area contributed by atoms with Crippen molar-refractivity contribution in [2.45, 2.75) is 11.8 Å². The van der Waals surface area contributed by atoms with E-state index in [-0.39, 0.29) is 10.6 Å². The van der Waals surface area contributed by atoms with Crippen molar-refractivity contribution in [3.63, 3.8) is 0 Å². The van der Waals surface area contributed by atoms with Crippen LogP contribution in [-0.4, -0.2) is 19.3 Å². The quantitative estimate of drug-likeness (QED) is 0.425. The summed E-state index contributed by atoms with van der Waals surface area (Å²) in [6.45, 7) is 1.88. The summed E-state index contributed by atoms with van der Waals surface area (Å²) in [4.78, 5) is 17.1. The number of thiazole rings is 1. The maximum absolute atomic E-state index is 12.6. The minimum absolute atomic E-state index is 0.148. The van der Waals surface area contributed by atoms with Gasteiger partial charge < -0.3 is 0 Å². The van der Waals surface area contributed by atoms with Gasteiger partial charge in [0.15, 0.2) is 5.13 Å². The molecule has 3 aromatic carbocycles. The van der Waals surface area contributed by atoms with Gasteiger partial charge in [-0.3, -0.25) is 14.8 Å². The van der Waals surface area contributed by atoms with Crippen LogP contribution in [0.2, 0.25) is 5.02 Å². The molecule has 0 atom stereocenters. The first-order chi connectivity index (χ1) is 14.3. The number of para-hydroxylation sites is 1. The molecule has 0 unspecified atom stereocenters. The van der Waals surface area contributed by atoms with Crippen molar-refractivity contribution in [1.29, 1.82) is 0 Å². The molecule has 0 saturated carbocycles. The third-order valence-corrected chi connectivity index (χ3v) is 6.94. The summed E-state index contributed by atoms with van der Waals surface area (Å²) in [6.07, 6.45) is 0. The topological polar surface area (TPSA) is 88.2 Å². The van der Waals surface area contributed by atoms with Crippen molar-refractivity contribution in [2.75, 3.05) is 10.0 Å². The Labute approximate surface area is 182 Å². The van der Waals surface area contributed by atoms with Gasteiger partial charge in [0.1, 0.15) is 5.52 Å². The van der Waals surface area contributed by atoms with E-state index in [4.69, 9.17) is 11.6 Å². The van der Waals surface area contributed by atoms with Gasteiger partial charge in [0.05, 0.1) is 14.6 Å². The van der Waals surface area contributed by atoms with Crippen LogP contribution in [0, 0.1) is 6.92 Å². The van der Waals surface area contributed by atoms with Crippen molar-refractivity contribution in [3.8, 4) is 0 Å². The highest BCUT2D eigenvalue weighted by Crippen LogP contribution is 2.31. The van der Waals surface area contributed by atoms with E-state index in [9.17, 15) is 13.2 Å². The van der Waals surface area contributed by atoms with Crippen LogP contribution in [0.25, 0.3) is 10.2 Å². The van der Waals surface area contributed by atoms with Gasteiger partial charge in [-0.2, -0.15) is 0 Å². The van der Waals surface area contributed by atoms with E-state index in [1.54, 1.807) is 36.4 Å². The summed E-state index contributed by atoms with van der Waals surface area (Å²) in [7, 11) is -3.76. The second-order valence-electron chi connectivity index (χ2n) is 6.56. The van der Waals surface area contributed by atoms with Crippen molar-refractivity contribution in [2.24, 2.45) is 0 Å². The fraction of sp³-hybridized carbons (Fsp3) is 0.0476. The fourth-order valence-electron chi connectivity index (χ4n) is 2.79. The first-order valence-corrected chi connectivity index (χ1v) is 11.6. The summed E-state index contributed by atoms with van der Waals surface area (Å²) in [6, 6.07) is 18.2. The van der Waals surface area contributed by atoms with Crippen LogP contribution in [-0.2, 0) is 10.0 Å². The molecule has 0 saturated heterocycles. The smallest absolute Gasteiger partial charge is 0.261 e. The summed E-state index contributed by atoms with van der Waals surface area (Å²) >= 11 is 7.44. The molecule has 4 rings (SSSR count). The number of nitrogens with one attached hydrogen (secondary N) is 2. The largest absolute Gasteiger partial charge is 0.298 e. The first kappa shape index (κ1) is 20.3. The lowest BCUT2D eigenvalue weighted by Crippen LogP contribution is -2.15. The molecule has 0 aliphatic heterocycles. The Bertz CT molecular complexity index is 1350. The van der Waals surface area contributed by atoms with E-state index in [1.807, 2.05) is 19.1 Å². The number of carbonyl (C=O) groups is 1. The molecule has 6 nitrogen and oxygen atoms in total. The number of hydrogen-bond donors (Lipinski definition) is 2. The molecule has 0 fully saturated rings. The number of carbonyl (C=O) groups excluding carboxylic acids is 1. The monoisotopic (exact) mass is 457 g/mol. The number of fused-ring (bicyclic) bond motifs is 1. The molecule has 2 N–H and O–H groups in total. The average Bonchev–Trinajstić information content (AvgIpc) is 3.12. The SMILES string of the molecule is Cc1ccc(S(=O)(=O)Nc2cccc(C(=O)Nc3nc4c(Cl)cccc4s3)c2)cc1.